The summed E-state index contributed by atoms with van der Waals surface area (Å²) in [6.07, 6.45) is 4.03. The molecule has 0 radical (unpaired) electrons. The molecule has 1 aromatic heterocycles. The van der Waals surface area contributed by atoms with Gasteiger partial charge in [-0.3, -0.25) is 4.90 Å². The van der Waals surface area contributed by atoms with Crippen LogP contribution >= 0.6 is 0 Å². The van der Waals surface area contributed by atoms with E-state index in [2.05, 4.69) is 16.0 Å². The van der Waals surface area contributed by atoms with Gasteiger partial charge in [-0.25, -0.2) is 18.2 Å². The molecule has 0 saturated heterocycles. The van der Waals surface area contributed by atoms with Crippen molar-refractivity contribution in [3.63, 3.8) is 0 Å². The van der Waals surface area contributed by atoms with Crippen LogP contribution in [0.4, 0.5) is 13.2 Å². The van der Waals surface area contributed by atoms with E-state index < -0.39 is 11.6 Å². The molecule has 2 aromatic carbocycles. The Bertz CT molecular complexity index is 1020. The normalized spacial score (nSPS) is 15.2. The first kappa shape index (κ1) is 18.7. The quantitative estimate of drug-likeness (QED) is 0.620. The third-order valence-electron chi connectivity index (χ3n) is 5.35. The smallest absolute Gasteiger partial charge is 0.161 e. The van der Waals surface area contributed by atoms with Crippen LogP contribution < -0.4 is 0 Å². The highest BCUT2D eigenvalue weighted by atomic mass is 19.2. The van der Waals surface area contributed by atoms with Gasteiger partial charge in [0.05, 0.1) is 11.0 Å². The monoisotopic (exact) mass is 385 g/mol. The molecule has 146 valence electrons. The minimum Gasteiger partial charge on any atom is -0.328 e. The highest BCUT2D eigenvalue weighted by Crippen LogP contribution is 2.23. The molecule has 0 unspecified atom stereocenters. The molecule has 28 heavy (non-hydrogen) atoms. The largest absolute Gasteiger partial charge is 0.328 e. The molecule has 1 aliphatic rings. The lowest BCUT2D eigenvalue weighted by Gasteiger charge is -2.26. The van der Waals surface area contributed by atoms with E-state index in [1.54, 1.807) is 0 Å². The van der Waals surface area contributed by atoms with E-state index in [0.717, 1.165) is 49.9 Å². The second-order valence-corrected chi connectivity index (χ2v) is 7.21. The molecule has 0 spiro atoms. The number of hydrogen-bond acceptors (Lipinski definition) is 2. The topological polar surface area (TPSA) is 21.1 Å². The predicted molar refractivity (Wildman–Crippen MR) is 104 cm³/mol. The maximum atomic E-state index is 13.6. The van der Waals surface area contributed by atoms with Crippen molar-refractivity contribution in [2.75, 3.05) is 19.6 Å². The van der Waals surface area contributed by atoms with Gasteiger partial charge in [0.1, 0.15) is 11.6 Å². The molecule has 0 N–H and O–H groups in total. The Morgan fingerprint density at radius 1 is 1.00 bits per heavy atom. The first-order valence-electron chi connectivity index (χ1n) is 9.50. The Morgan fingerprint density at radius 3 is 2.46 bits per heavy atom. The molecule has 0 saturated carbocycles. The minimum absolute atomic E-state index is 0.216. The van der Waals surface area contributed by atoms with Crippen LogP contribution in [-0.4, -0.2) is 34.1 Å². The maximum Gasteiger partial charge on any atom is 0.161 e. The molecule has 0 fully saturated rings. The third kappa shape index (κ3) is 3.83. The average molecular weight is 385 g/mol. The second kappa shape index (κ2) is 7.80. The van der Waals surface area contributed by atoms with Crippen LogP contribution in [0.5, 0.6) is 0 Å². The van der Waals surface area contributed by atoms with Crippen LogP contribution in [0.1, 0.15) is 24.2 Å². The highest BCUT2D eigenvalue weighted by molar-refractivity contribution is 5.76. The molecule has 6 heteroatoms. The van der Waals surface area contributed by atoms with Gasteiger partial charge in [0, 0.05) is 38.3 Å². The van der Waals surface area contributed by atoms with E-state index in [0.29, 0.717) is 17.6 Å². The summed E-state index contributed by atoms with van der Waals surface area (Å²) in [4.78, 5) is 6.70. The summed E-state index contributed by atoms with van der Waals surface area (Å²) < 4.78 is 42.0. The van der Waals surface area contributed by atoms with E-state index in [9.17, 15) is 13.2 Å². The molecule has 3 aromatic rings. The predicted octanol–water partition coefficient (Wildman–Crippen LogP) is 4.94. The van der Waals surface area contributed by atoms with Gasteiger partial charge in [-0.15, -0.1) is 0 Å². The van der Waals surface area contributed by atoms with Gasteiger partial charge >= 0.3 is 0 Å². The van der Waals surface area contributed by atoms with Gasteiger partial charge in [0.2, 0.25) is 0 Å². The van der Waals surface area contributed by atoms with E-state index in [1.165, 1.54) is 23.8 Å². The molecule has 3 nitrogen and oxygen atoms in total. The molecule has 0 bridgehead atoms. The summed E-state index contributed by atoms with van der Waals surface area (Å²) >= 11 is 0. The van der Waals surface area contributed by atoms with E-state index in [4.69, 9.17) is 0 Å². The summed E-state index contributed by atoms with van der Waals surface area (Å²) in [6, 6.07) is 9.02. The van der Waals surface area contributed by atoms with Crippen molar-refractivity contribution in [2.24, 2.45) is 0 Å². The number of aromatic nitrogens is 2. The molecule has 1 aliphatic heterocycles. The zero-order valence-electron chi connectivity index (χ0n) is 15.8. The Morgan fingerprint density at radius 2 is 1.75 bits per heavy atom. The fourth-order valence-corrected chi connectivity index (χ4v) is 3.82. The Hall–Kier alpha value is -2.60. The molecule has 0 amide bonds. The first-order chi connectivity index (χ1) is 13.5. The van der Waals surface area contributed by atoms with Gasteiger partial charge in [0.15, 0.2) is 11.6 Å². The first-order valence-corrected chi connectivity index (χ1v) is 9.50. The standard InChI is InChI=1S/C22H22F3N3/c1-15-26-21-13-19(24)20(25)14-22(21)28(15)10-2-9-27-11-7-17(8-12-27)16-3-5-18(23)6-4-16/h3-7,13-14H,2,8-12H2,1H3. The molecular weight excluding hydrogens is 363 g/mol. The van der Waals surface area contributed by atoms with E-state index >= 15 is 0 Å². The summed E-state index contributed by atoms with van der Waals surface area (Å²) in [5, 5.41) is 0. The van der Waals surface area contributed by atoms with E-state index in [1.807, 2.05) is 23.6 Å². The summed E-state index contributed by atoms with van der Waals surface area (Å²) in [5.74, 6) is -1.17. The number of benzene rings is 2. The lowest BCUT2D eigenvalue weighted by Crippen LogP contribution is -2.30. The Balaban J connectivity index is 1.36. The zero-order chi connectivity index (χ0) is 19.7. The van der Waals surface area contributed by atoms with Crippen molar-refractivity contribution in [1.29, 1.82) is 0 Å². The van der Waals surface area contributed by atoms with Crippen molar-refractivity contribution in [3.05, 3.63) is 71.3 Å². The van der Waals surface area contributed by atoms with Crippen molar-refractivity contribution in [1.82, 2.24) is 14.5 Å². The lowest BCUT2D eigenvalue weighted by molar-refractivity contribution is 0.291. The average Bonchev–Trinajstić information content (AvgIpc) is 2.98. The van der Waals surface area contributed by atoms with Crippen molar-refractivity contribution in [2.45, 2.75) is 26.3 Å². The highest BCUT2D eigenvalue weighted by Gasteiger charge is 2.15. The Kier molecular flexibility index (Phi) is 5.22. The van der Waals surface area contributed by atoms with Gasteiger partial charge in [-0.05, 0) is 43.0 Å². The van der Waals surface area contributed by atoms with Crippen molar-refractivity contribution < 1.29 is 13.2 Å². The van der Waals surface area contributed by atoms with Crippen LogP contribution in [0, 0.1) is 24.4 Å². The minimum atomic E-state index is -0.866. The molecule has 0 atom stereocenters. The van der Waals surface area contributed by atoms with Crippen molar-refractivity contribution in [3.8, 4) is 0 Å². The maximum absolute atomic E-state index is 13.6. The van der Waals surface area contributed by atoms with Crippen LogP contribution in [0.25, 0.3) is 16.6 Å². The summed E-state index contributed by atoms with van der Waals surface area (Å²) in [6.45, 7) is 5.28. The third-order valence-corrected chi connectivity index (χ3v) is 5.35. The number of rotatable bonds is 5. The van der Waals surface area contributed by atoms with Crippen LogP contribution in [0.2, 0.25) is 0 Å². The van der Waals surface area contributed by atoms with Crippen LogP contribution in [0.3, 0.4) is 0 Å². The summed E-state index contributed by atoms with van der Waals surface area (Å²) in [5.41, 5.74) is 3.45. The molecule has 4 rings (SSSR count). The lowest BCUT2D eigenvalue weighted by atomic mass is 9.99. The SMILES string of the molecule is Cc1nc2cc(F)c(F)cc2n1CCCN1CC=C(c2ccc(F)cc2)CC1. The second-order valence-electron chi connectivity index (χ2n) is 7.21. The van der Waals surface area contributed by atoms with Gasteiger partial charge in [-0.2, -0.15) is 0 Å². The van der Waals surface area contributed by atoms with Crippen LogP contribution in [0.15, 0.2) is 42.5 Å². The molecular formula is C22H22F3N3. The number of aryl methyl sites for hydroxylation is 2. The number of hydrogen-bond donors (Lipinski definition) is 0. The fourth-order valence-electron chi connectivity index (χ4n) is 3.82. The van der Waals surface area contributed by atoms with Gasteiger partial charge in [-0.1, -0.05) is 18.2 Å². The number of halogens is 3. The zero-order valence-corrected chi connectivity index (χ0v) is 15.8. The number of nitrogens with zero attached hydrogens (tertiary/aromatic N) is 3. The van der Waals surface area contributed by atoms with Gasteiger partial charge in [0.25, 0.3) is 0 Å². The number of fused-ring (bicyclic) bond motifs is 1. The van der Waals surface area contributed by atoms with Crippen LogP contribution in [-0.2, 0) is 6.54 Å². The van der Waals surface area contributed by atoms with Crippen molar-refractivity contribution >= 4 is 16.6 Å². The Labute approximate surface area is 162 Å². The number of imidazole rings is 1. The molecule has 2 heterocycles. The van der Waals surface area contributed by atoms with E-state index in [-0.39, 0.29) is 5.82 Å². The fraction of sp³-hybridized carbons (Fsp3) is 0.318. The summed E-state index contributed by atoms with van der Waals surface area (Å²) in [7, 11) is 0. The molecule has 0 aliphatic carbocycles. The van der Waals surface area contributed by atoms with Gasteiger partial charge < -0.3 is 4.57 Å².